The fourth-order valence-corrected chi connectivity index (χ4v) is 1.43. The van der Waals surface area contributed by atoms with Gasteiger partial charge < -0.3 is 5.32 Å². The van der Waals surface area contributed by atoms with Crippen molar-refractivity contribution in [1.29, 1.82) is 5.41 Å². The number of hydrogen-bond acceptors (Lipinski definition) is 1. The Morgan fingerprint density at radius 2 is 2.00 bits per heavy atom. The third kappa shape index (κ3) is 3.50. The van der Waals surface area contributed by atoms with E-state index in [4.69, 9.17) is 17.0 Å². The first-order chi connectivity index (χ1) is 8.25. The van der Waals surface area contributed by atoms with Gasteiger partial charge >= 0.3 is 6.18 Å². The van der Waals surface area contributed by atoms with Crippen molar-refractivity contribution in [3.8, 4) is 0 Å². The molecule has 0 saturated heterocycles. The molecule has 0 bridgehead atoms. The number of alkyl halides is 3. The number of amidine groups is 1. The quantitative estimate of drug-likeness (QED) is 0.595. The number of benzene rings is 1. The lowest BCUT2D eigenvalue weighted by atomic mass is 10.2. The Morgan fingerprint density at radius 1 is 1.39 bits per heavy atom. The van der Waals surface area contributed by atoms with Gasteiger partial charge in [0.1, 0.15) is 5.84 Å². The molecular formula is C12H12ClF3N2. The number of halogens is 4. The molecule has 0 amide bonds. The zero-order valence-electron chi connectivity index (χ0n) is 9.82. The number of allylic oxidation sites excluding steroid dienone is 1. The minimum absolute atomic E-state index is 0.0490. The minimum atomic E-state index is -4.51. The molecular weight excluding hydrogens is 265 g/mol. The van der Waals surface area contributed by atoms with Gasteiger partial charge in [-0.05, 0) is 37.6 Å². The zero-order chi connectivity index (χ0) is 13.9. The Hall–Kier alpha value is -1.49. The van der Waals surface area contributed by atoms with Crippen LogP contribution in [0.2, 0.25) is 5.02 Å². The highest BCUT2D eigenvalue weighted by Crippen LogP contribution is 2.36. The van der Waals surface area contributed by atoms with Crippen LogP contribution in [0.3, 0.4) is 0 Å². The molecule has 2 N–H and O–H groups in total. The summed E-state index contributed by atoms with van der Waals surface area (Å²) in [7, 11) is 0. The second-order valence-electron chi connectivity index (χ2n) is 3.66. The second-order valence-corrected chi connectivity index (χ2v) is 4.07. The van der Waals surface area contributed by atoms with Crippen molar-refractivity contribution in [3.63, 3.8) is 0 Å². The van der Waals surface area contributed by atoms with Crippen LogP contribution >= 0.6 is 11.6 Å². The van der Waals surface area contributed by atoms with E-state index >= 15 is 0 Å². The topological polar surface area (TPSA) is 35.9 Å². The van der Waals surface area contributed by atoms with Gasteiger partial charge in [-0.3, -0.25) is 5.41 Å². The highest BCUT2D eigenvalue weighted by Gasteiger charge is 2.33. The summed E-state index contributed by atoms with van der Waals surface area (Å²) in [6.07, 6.45) is -2.82. The Labute approximate surface area is 108 Å². The molecule has 0 aliphatic carbocycles. The van der Waals surface area contributed by atoms with E-state index in [0.717, 1.165) is 12.1 Å². The highest BCUT2D eigenvalue weighted by molar-refractivity contribution is 6.31. The Kier molecular flexibility index (Phi) is 4.40. The van der Waals surface area contributed by atoms with Crippen molar-refractivity contribution in [2.75, 3.05) is 5.32 Å². The van der Waals surface area contributed by atoms with E-state index < -0.39 is 11.7 Å². The average Bonchev–Trinajstić information content (AvgIpc) is 2.29. The molecule has 0 aliphatic heterocycles. The summed E-state index contributed by atoms with van der Waals surface area (Å²) >= 11 is 5.49. The number of rotatable bonds is 2. The molecule has 0 aliphatic rings. The lowest BCUT2D eigenvalue weighted by Gasteiger charge is -2.13. The molecule has 1 aromatic carbocycles. The summed E-state index contributed by atoms with van der Waals surface area (Å²) in [6, 6.07) is 3.44. The van der Waals surface area contributed by atoms with Gasteiger partial charge in [-0.15, -0.1) is 0 Å². The van der Waals surface area contributed by atoms with Crippen molar-refractivity contribution in [3.05, 3.63) is 40.4 Å². The van der Waals surface area contributed by atoms with Crippen LogP contribution in [0.15, 0.2) is 29.8 Å². The molecule has 1 rings (SSSR count). The SMILES string of the molecule is C/C=C(\C)C(=N)Nc1ccc(Cl)c(C(F)(F)F)c1. The molecule has 6 heteroatoms. The molecule has 0 fully saturated rings. The monoisotopic (exact) mass is 276 g/mol. The van der Waals surface area contributed by atoms with E-state index in [1.165, 1.54) is 6.07 Å². The van der Waals surface area contributed by atoms with Gasteiger partial charge in [0.2, 0.25) is 0 Å². The van der Waals surface area contributed by atoms with Gasteiger partial charge in [0.25, 0.3) is 0 Å². The van der Waals surface area contributed by atoms with Crippen LogP contribution in [0, 0.1) is 5.41 Å². The van der Waals surface area contributed by atoms with E-state index in [1.54, 1.807) is 19.9 Å². The van der Waals surface area contributed by atoms with Gasteiger partial charge in [0.15, 0.2) is 0 Å². The van der Waals surface area contributed by atoms with Crippen LogP contribution in [-0.2, 0) is 6.18 Å². The molecule has 0 heterocycles. The first kappa shape index (κ1) is 14.6. The fourth-order valence-electron chi connectivity index (χ4n) is 1.21. The van der Waals surface area contributed by atoms with Crippen LogP contribution < -0.4 is 5.32 Å². The van der Waals surface area contributed by atoms with Crippen molar-refractivity contribution in [2.45, 2.75) is 20.0 Å². The molecule has 18 heavy (non-hydrogen) atoms. The summed E-state index contributed by atoms with van der Waals surface area (Å²) in [5, 5.41) is 9.85. The predicted octanol–water partition coefficient (Wildman–Crippen LogP) is 4.71. The summed E-state index contributed by atoms with van der Waals surface area (Å²) in [6.45, 7) is 3.43. The first-order valence-electron chi connectivity index (χ1n) is 5.11. The molecule has 0 atom stereocenters. The van der Waals surface area contributed by atoms with Gasteiger partial charge in [0, 0.05) is 5.69 Å². The van der Waals surface area contributed by atoms with Crippen LogP contribution in [0.25, 0.3) is 0 Å². The van der Waals surface area contributed by atoms with Crippen molar-refractivity contribution in [2.24, 2.45) is 0 Å². The molecule has 0 spiro atoms. The molecule has 1 aromatic rings. The van der Waals surface area contributed by atoms with E-state index in [0.29, 0.717) is 5.57 Å². The summed E-state index contributed by atoms with van der Waals surface area (Å²) in [4.78, 5) is 0. The number of anilines is 1. The second kappa shape index (κ2) is 5.44. The standard InChI is InChI=1S/C12H12ClF3N2/c1-3-7(2)11(17)18-8-4-5-10(13)9(6-8)12(14,15)16/h3-6H,1-2H3,(H2,17,18)/b7-3+. The van der Waals surface area contributed by atoms with Crippen LogP contribution in [0.1, 0.15) is 19.4 Å². The largest absolute Gasteiger partial charge is 0.417 e. The lowest BCUT2D eigenvalue weighted by Crippen LogP contribution is -2.13. The maximum atomic E-state index is 12.6. The van der Waals surface area contributed by atoms with E-state index in [2.05, 4.69) is 5.32 Å². The van der Waals surface area contributed by atoms with E-state index in [9.17, 15) is 13.2 Å². The Morgan fingerprint density at radius 3 is 2.50 bits per heavy atom. The number of nitrogens with one attached hydrogen (secondary N) is 2. The molecule has 0 saturated carbocycles. The van der Waals surface area contributed by atoms with Gasteiger partial charge in [-0.1, -0.05) is 17.7 Å². The van der Waals surface area contributed by atoms with Crippen LogP contribution in [0.4, 0.5) is 18.9 Å². The van der Waals surface area contributed by atoms with Crippen LogP contribution in [-0.4, -0.2) is 5.84 Å². The van der Waals surface area contributed by atoms with E-state index in [1.807, 2.05) is 0 Å². The summed E-state index contributed by atoms with van der Waals surface area (Å²) in [5.41, 5.74) is -0.100. The summed E-state index contributed by atoms with van der Waals surface area (Å²) < 4.78 is 37.8. The van der Waals surface area contributed by atoms with Gasteiger partial charge in [-0.25, -0.2) is 0 Å². The third-order valence-corrected chi connectivity index (χ3v) is 2.70. The van der Waals surface area contributed by atoms with Crippen molar-refractivity contribution >= 4 is 23.1 Å². The predicted molar refractivity (Wildman–Crippen MR) is 67.2 cm³/mol. The highest BCUT2D eigenvalue weighted by atomic mass is 35.5. The van der Waals surface area contributed by atoms with Crippen molar-refractivity contribution in [1.82, 2.24) is 0 Å². The Bertz CT molecular complexity index is 493. The average molecular weight is 277 g/mol. The summed E-state index contributed by atoms with van der Waals surface area (Å²) in [5.74, 6) is 0.0490. The molecule has 98 valence electrons. The molecule has 2 nitrogen and oxygen atoms in total. The van der Waals surface area contributed by atoms with Crippen LogP contribution in [0.5, 0.6) is 0 Å². The van der Waals surface area contributed by atoms with E-state index in [-0.39, 0.29) is 16.5 Å². The Balaban J connectivity index is 3.03. The van der Waals surface area contributed by atoms with Crippen molar-refractivity contribution < 1.29 is 13.2 Å². The van der Waals surface area contributed by atoms with Gasteiger partial charge in [0.05, 0.1) is 10.6 Å². The smallest absolute Gasteiger partial charge is 0.340 e. The minimum Gasteiger partial charge on any atom is -0.340 e. The fraction of sp³-hybridized carbons (Fsp3) is 0.250. The maximum Gasteiger partial charge on any atom is 0.417 e. The zero-order valence-corrected chi connectivity index (χ0v) is 10.6. The third-order valence-electron chi connectivity index (χ3n) is 2.37. The molecule has 0 radical (unpaired) electrons. The normalized spacial score (nSPS) is 12.4. The number of hydrogen-bond donors (Lipinski definition) is 2. The molecule has 0 unspecified atom stereocenters. The molecule has 0 aromatic heterocycles. The first-order valence-corrected chi connectivity index (χ1v) is 5.49. The maximum absolute atomic E-state index is 12.6. The lowest BCUT2D eigenvalue weighted by molar-refractivity contribution is -0.137. The van der Waals surface area contributed by atoms with Gasteiger partial charge in [-0.2, -0.15) is 13.2 Å².